The standard InChI is InChI=1S/C11H19N5O3/c1-3-15(4-2)7-9(17)12-5-6-16-8-13-14-10(18)11(16)19/h8H,3-7H2,1-2H3,(H,12,17)(H,14,18). The lowest BCUT2D eigenvalue weighted by molar-refractivity contribution is -0.122. The van der Waals surface area contributed by atoms with Crippen LogP contribution in [-0.4, -0.2) is 51.8 Å². The van der Waals surface area contributed by atoms with Gasteiger partial charge >= 0.3 is 11.1 Å². The van der Waals surface area contributed by atoms with Gasteiger partial charge in [-0.3, -0.25) is 23.9 Å². The Morgan fingerprint density at radius 1 is 1.42 bits per heavy atom. The number of hydrogen-bond acceptors (Lipinski definition) is 5. The summed E-state index contributed by atoms with van der Waals surface area (Å²) in [5.74, 6) is -0.102. The summed E-state index contributed by atoms with van der Waals surface area (Å²) in [5, 5.41) is 8.27. The molecule has 0 aliphatic heterocycles. The number of likely N-dealkylation sites (N-methyl/N-ethyl adjacent to an activating group) is 1. The van der Waals surface area contributed by atoms with Crippen LogP contribution in [0.4, 0.5) is 0 Å². The van der Waals surface area contributed by atoms with Crippen molar-refractivity contribution in [2.45, 2.75) is 20.4 Å². The van der Waals surface area contributed by atoms with Crippen molar-refractivity contribution in [1.29, 1.82) is 0 Å². The van der Waals surface area contributed by atoms with Gasteiger partial charge in [0.2, 0.25) is 5.91 Å². The third-order valence-electron chi connectivity index (χ3n) is 2.75. The fourth-order valence-corrected chi connectivity index (χ4v) is 1.57. The summed E-state index contributed by atoms with van der Waals surface area (Å²) in [4.78, 5) is 36.0. The SMILES string of the molecule is CCN(CC)CC(=O)NCCn1cn[nH]c(=O)c1=O. The molecule has 1 heterocycles. The summed E-state index contributed by atoms with van der Waals surface area (Å²) >= 11 is 0. The van der Waals surface area contributed by atoms with Gasteiger partial charge in [0, 0.05) is 13.1 Å². The molecular formula is C11H19N5O3. The highest BCUT2D eigenvalue weighted by molar-refractivity contribution is 5.77. The van der Waals surface area contributed by atoms with Crippen LogP contribution in [0.5, 0.6) is 0 Å². The Balaban J connectivity index is 2.42. The summed E-state index contributed by atoms with van der Waals surface area (Å²) in [6.07, 6.45) is 1.24. The van der Waals surface area contributed by atoms with E-state index in [4.69, 9.17) is 0 Å². The molecule has 0 radical (unpaired) electrons. The zero-order valence-corrected chi connectivity index (χ0v) is 11.2. The molecule has 1 aromatic heterocycles. The zero-order valence-electron chi connectivity index (χ0n) is 11.2. The summed E-state index contributed by atoms with van der Waals surface area (Å²) in [6.45, 7) is 6.42. The van der Waals surface area contributed by atoms with E-state index in [-0.39, 0.29) is 19.0 Å². The van der Waals surface area contributed by atoms with Crippen LogP contribution in [-0.2, 0) is 11.3 Å². The van der Waals surface area contributed by atoms with Gasteiger partial charge in [0.15, 0.2) is 0 Å². The molecule has 106 valence electrons. The van der Waals surface area contributed by atoms with Gasteiger partial charge in [-0.2, -0.15) is 5.10 Å². The molecule has 8 heteroatoms. The first-order valence-electron chi connectivity index (χ1n) is 6.21. The minimum Gasteiger partial charge on any atom is -0.353 e. The number of aromatic amines is 1. The van der Waals surface area contributed by atoms with Crippen molar-refractivity contribution in [3.63, 3.8) is 0 Å². The normalized spacial score (nSPS) is 10.7. The third-order valence-corrected chi connectivity index (χ3v) is 2.75. The van der Waals surface area contributed by atoms with Crippen molar-refractivity contribution in [3.8, 4) is 0 Å². The van der Waals surface area contributed by atoms with Crippen LogP contribution < -0.4 is 16.4 Å². The molecule has 0 saturated carbocycles. The maximum Gasteiger partial charge on any atom is 0.330 e. The highest BCUT2D eigenvalue weighted by Gasteiger charge is 2.06. The van der Waals surface area contributed by atoms with Crippen molar-refractivity contribution >= 4 is 5.91 Å². The second-order valence-electron chi connectivity index (χ2n) is 4.00. The molecule has 1 rings (SSSR count). The monoisotopic (exact) mass is 269 g/mol. The van der Waals surface area contributed by atoms with E-state index in [1.165, 1.54) is 6.33 Å². The Kier molecular flexibility index (Phi) is 5.94. The highest BCUT2D eigenvalue weighted by atomic mass is 16.2. The molecule has 0 unspecified atom stereocenters. The number of carbonyl (C=O) groups is 1. The minimum atomic E-state index is -0.767. The number of aromatic nitrogens is 3. The van der Waals surface area contributed by atoms with E-state index < -0.39 is 11.1 Å². The molecule has 0 bridgehead atoms. The Morgan fingerprint density at radius 2 is 2.11 bits per heavy atom. The molecule has 0 spiro atoms. The van der Waals surface area contributed by atoms with Crippen LogP contribution >= 0.6 is 0 Å². The van der Waals surface area contributed by atoms with E-state index in [1.54, 1.807) is 0 Å². The number of rotatable bonds is 7. The topological polar surface area (TPSA) is 100 Å². The van der Waals surface area contributed by atoms with Gasteiger partial charge in [0.05, 0.1) is 6.54 Å². The molecule has 0 atom stereocenters. The van der Waals surface area contributed by atoms with Gasteiger partial charge in [0.1, 0.15) is 6.33 Å². The lowest BCUT2D eigenvalue weighted by atomic mass is 10.4. The van der Waals surface area contributed by atoms with Crippen molar-refractivity contribution in [2.75, 3.05) is 26.2 Å². The summed E-state index contributed by atoms with van der Waals surface area (Å²) in [7, 11) is 0. The fraction of sp³-hybridized carbons (Fsp3) is 0.636. The van der Waals surface area contributed by atoms with Crippen LogP contribution in [0.2, 0.25) is 0 Å². The molecule has 0 aromatic carbocycles. The molecular weight excluding hydrogens is 250 g/mol. The first kappa shape index (κ1) is 15.1. The number of hydrogen-bond donors (Lipinski definition) is 2. The van der Waals surface area contributed by atoms with Gasteiger partial charge in [-0.05, 0) is 13.1 Å². The van der Waals surface area contributed by atoms with E-state index in [9.17, 15) is 14.4 Å². The zero-order chi connectivity index (χ0) is 14.3. The van der Waals surface area contributed by atoms with Gasteiger partial charge in [-0.25, -0.2) is 5.10 Å². The molecule has 0 aliphatic rings. The first-order valence-corrected chi connectivity index (χ1v) is 6.21. The predicted molar refractivity (Wildman–Crippen MR) is 69.9 cm³/mol. The van der Waals surface area contributed by atoms with Gasteiger partial charge in [-0.1, -0.05) is 13.8 Å². The quantitative estimate of drug-likeness (QED) is 0.580. The Labute approximate surface area is 110 Å². The molecule has 0 saturated heterocycles. The van der Waals surface area contributed by atoms with Gasteiger partial charge < -0.3 is 5.32 Å². The minimum absolute atomic E-state index is 0.102. The summed E-state index contributed by atoms with van der Waals surface area (Å²) in [5.41, 5.74) is -1.44. The van der Waals surface area contributed by atoms with Crippen LogP contribution in [0.3, 0.4) is 0 Å². The van der Waals surface area contributed by atoms with Crippen molar-refractivity contribution in [3.05, 3.63) is 27.0 Å². The first-order chi connectivity index (χ1) is 9.08. The average molecular weight is 269 g/mol. The third kappa shape index (κ3) is 4.66. The Hall–Kier alpha value is -1.96. The summed E-state index contributed by atoms with van der Waals surface area (Å²) < 4.78 is 1.16. The van der Waals surface area contributed by atoms with E-state index >= 15 is 0 Å². The maximum atomic E-state index is 11.6. The average Bonchev–Trinajstić information content (AvgIpc) is 2.41. The van der Waals surface area contributed by atoms with E-state index in [0.29, 0.717) is 6.54 Å². The largest absolute Gasteiger partial charge is 0.353 e. The Morgan fingerprint density at radius 3 is 2.74 bits per heavy atom. The van der Waals surface area contributed by atoms with Gasteiger partial charge in [0.25, 0.3) is 0 Å². The number of nitrogens with zero attached hydrogens (tertiary/aromatic N) is 3. The predicted octanol–water partition coefficient (Wildman–Crippen LogP) is -1.61. The second kappa shape index (κ2) is 7.47. The summed E-state index contributed by atoms with van der Waals surface area (Å²) in [6, 6.07) is 0. The lowest BCUT2D eigenvalue weighted by Gasteiger charge is -2.17. The van der Waals surface area contributed by atoms with E-state index in [0.717, 1.165) is 17.7 Å². The van der Waals surface area contributed by atoms with E-state index in [2.05, 4.69) is 10.4 Å². The van der Waals surface area contributed by atoms with E-state index in [1.807, 2.05) is 23.8 Å². The lowest BCUT2D eigenvalue weighted by Crippen LogP contribution is -2.41. The molecule has 0 aliphatic carbocycles. The van der Waals surface area contributed by atoms with Crippen LogP contribution in [0, 0.1) is 0 Å². The van der Waals surface area contributed by atoms with Crippen molar-refractivity contribution < 1.29 is 4.79 Å². The maximum absolute atomic E-state index is 11.6. The Bertz CT molecular complexity index is 518. The van der Waals surface area contributed by atoms with Crippen LogP contribution in [0.1, 0.15) is 13.8 Å². The highest BCUT2D eigenvalue weighted by Crippen LogP contribution is 1.85. The second-order valence-corrected chi connectivity index (χ2v) is 4.00. The molecule has 0 fully saturated rings. The molecule has 19 heavy (non-hydrogen) atoms. The van der Waals surface area contributed by atoms with Crippen LogP contribution in [0.15, 0.2) is 15.9 Å². The molecule has 2 N–H and O–H groups in total. The number of H-pyrrole nitrogens is 1. The number of nitrogens with one attached hydrogen (secondary N) is 2. The van der Waals surface area contributed by atoms with Crippen molar-refractivity contribution in [1.82, 2.24) is 25.0 Å². The molecule has 8 nitrogen and oxygen atoms in total. The smallest absolute Gasteiger partial charge is 0.330 e. The number of carbonyl (C=O) groups excluding carboxylic acids is 1. The molecule has 1 amide bonds. The van der Waals surface area contributed by atoms with Crippen LogP contribution in [0.25, 0.3) is 0 Å². The fourth-order valence-electron chi connectivity index (χ4n) is 1.57. The molecule has 1 aromatic rings. The van der Waals surface area contributed by atoms with Crippen molar-refractivity contribution in [2.24, 2.45) is 0 Å². The number of amides is 1. The van der Waals surface area contributed by atoms with Gasteiger partial charge in [-0.15, -0.1) is 0 Å².